The molecule has 0 saturated heterocycles. The maximum absolute atomic E-state index is 11.5. The van der Waals surface area contributed by atoms with Crippen molar-refractivity contribution in [3.63, 3.8) is 0 Å². The van der Waals surface area contributed by atoms with Gasteiger partial charge in [-0.3, -0.25) is 0 Å². The van der Waals surface area contributed by atoms with Crippen molar-refractivity contribution in [1.29, 1.82) is 0 Å². The molecule has 4 bridgehead atoms. The Labute approximate surface area is 99.0 Å². The molecule has 1 nitrogen and oxygen atoms in total. The van der Waals surface area contributed by atoms with Crippen LogP contribution in [0.5, 0.6) is 0 Å². The van der Waals surface area contributed by atoms with Gasteiger partial charge >= 0.3 is 0 Å². The molecule has 5 atom stereocenters. The number of aldehydes is 1. The van der Waals surface area contributed by atoms with Gasteiger partial charge in [0.2, 0.25) is 0 Å². The van der Waals surface area contributed by atoms with Crippen LogP contribution in [0.1, 0.15) is 52.9 Å². The van der Waals surface area contributed by atoms with Gasteiger partial charge in [0.25, 0.3) is 0 Å². The van der Waals surface area contributed by atoms with E-state index >= 15 is 0 Å². The Morgan fingerprint density at radius 1 is 1.12 bits per heavy atom. The molecule has 3 fully saturated rings. The highest BCUT2D eigenvalue weighted by molar-refractivity contribution is 5.58. The molecule has 0 amide bonds. The van der Waals surface area contributed by atoms with Crippen molar-refractivity contribution < 1.29 is 4.79 Å². The highest BCUT2D eigenvalue weighted by atomic mass is 16.1. The standard InChI is InChI=1S/C15H24O/c1-14(2)7-4-8-15(3)11-6-5-10(13(11)14)12(15)9-16/h9-13H,4-8H2,1-3H3/t10-,11-,12+,13+,15+/m1/s1. The van der Waals surface area contributed by atoms with E-state index < -0.39 is 0 Å². The van der Waals surface area contributed by atoms with Crippen LogP contribution in [0.2, 0.25) is 0 Å². The van der Waals surface area contributed by atoms with E-state index in [9.17, 15) is 4.79 Å². The molecular formula is C15H24O. The lowest BCUT2D eigenvalue weighted by Gasteiger charge is -2.38. The van der Waals surface area contributed by atoms with Gasteiger partial charge in [-0.05, 0) is 54.3 Å². The average molecular weight is 220 g/mol. The van der Waals surface area contributed by atoms with Crippen LogP contribution in [0.3, 0.4) is 0 Å². The summed E-state index contributed by atoms with van der Waals surface area (Å²) in [6.45, 7) is 7.30. The first-order valence-electron chi connectivity index (χ1n) is 6.96. The van der Waals surface area contributed by atoms with E-state index in [0.717, 1.165) is 11.8 Å². The molecule has 0 aromatic heterocycles. The molecule has 90 valence electrons. The Balaban J connectivity index is 2.07. The Morgan fingerprint density at radius 2 is 1.88 bits per heavy atom. The average Bonchev–Trinajstić information content (AvgIpc) is 2.68. The third-order valence-corrected chi connectivity index (χ3v) is 6.36. The fraction of sp³-hybridized carbons (Fsp3) is 0.933. The summed E-state index contributed by atoms with van der Waals surface area (Å²) in [6, 6.07) is 0. The Bertz CT molecular complexity index is 319. The van der Waals surface area contributed by atoms with Gasteiger partial charge in [-0.25, -0.2) is 0 Å². The molecular weight excluding hydrogens is 196 g/mol. The summed E-state index contributed by atoms with van der Waals surface area (Å²) in [4.78, 5) is 11.5. The predicted molar refractivity (Wildman–Crippen MR) is 65.0 cm³/mol. The molecule has 3 rings (SSSR count). The molecule has 0 aromatic rings. The summed E-state index contributed by atoms with van der Waals surface area (Å²) in [5, 5.41) is 0. The van der Waals surface area contributed by atoms with Crippen LogP contribution in [-0.2, 0) is 4.79 Å². The van der Waals surface area contributed by atoms with E-state index in [4.69, 9.17) is 0 Å². The van der Waals surface area contributed by atoms with Crippen molar-refractivity contribution in [1.82, 2.24) is 0 Å². The molecule has 3 aliphatic rings. The van der Waals surface area contributed by atoms with Crippen molar-refractivity contribution in [2.24, 2.45) is 34.5 Å². The zero-order valence-corrected chi connectivity index (χ0v) is 10.8. The molecule has 0 aliphatic heterocycles. The van der Waals surface area contributed by atoms with Crippen molar-refractivity contribution in [2.75, 3.05) is 0 Å². The SMILES string of the molecule is CC1(C)CCC[C@@]2(C)[C@@H]3CC[C@@H]([C@@H]31)[C@@H]2C=O. The second-order valence-electron chi connectivity index (χ2n) is 7.38. The zero-order chi connectivity index (χ0) is 11.6. The fourth-order valence-electron chi connectivity index (χ4n) is 5.73. The Kier molecular flexibility index (Phi) is 2.10. The maximum atomic E-state index is 11.5. The molecule has 0 heterocycles. The summed E-state index contributed by atoms with van der Waals surface area (Å²) in [5.41, 5.74) is 0.824. The van der Waals surface area contributed by atoms with E-state index in [1.807, 2.05) is 0 Å². The summed E-state index contributed by atoms with van der Waals surface area (Å²) < 4.78 is 0. The summed E-state index contributed by atoms with van der Waals surface area (Å²) >= 11 is 0. The fourth-order valence-corrected chi connectivity index (χ4v) is 5.73. The Hall–Kier alpha value is -0.330. The van der Waals surface area contributed by atoms with Crippen molar-refractivity contribution >= 4 is 6.29 Å². The van der Waals surface area contributed by atoms with Gasteiger partial charge in [0.05, 0.1) is 0 Å². The van der Waals surface area contributed by atoms with Crippen LogP contribution in [0.25, 0.3) is 0 Å². The molecule has 0 aromatic carbocycles. The molecule has 0 spiro atoms. The van der Waals surface area contributed by atoms with Gasteiger partial charge in [-0.1, -0.05) is 27.2 Å². The van der Waals surface area contributed by atoms with Gasteiger partial charge in [-0.15, -0.1) is 0 Å². The number of rotatable bonds is 1. The summed E-state index contributed by atoms with van der Waals surface area (Å²) in [5.74, 6) is 2.75. The number of hydrogen-bond donors (Lipinski definition) is 0. The van der Waals surface area contributed by atoms with E-state index in [2.05, 4.69) is 20.8 Å². The largest absolute Gasteiger partial charge is 0.303 e. The lowest BCUT2D eigenvalue weighted by atomic mass is 9.65. The minimum absolute atomic E-state index is 0.350. The van der Waals surface area contributed by atoms with Crippen LogP contribution in [0.4, 0.5) is 0 Å². The summed E-state index contributed by atoms with van der Waals surface area (Å²) in [7, 11) is 0. The second kappa shape index (κ2) is 3.11. The third kappa shape index (κ3) is 1.10. The van der Waals surface area contributed by atoms with Gasteiger partial charge < -0.3 is 4.79 Å². The van der Waals surface area contributed by atoms with E-state index in [1.165, 1.54) is 38.4 Å². The molecule has 0 N–H and O–H groups in total. The molecule has 0 unspecified atom stereocenters. The van der Waals surface area contributed by atoms with Crippen LogP contribution >= 0.6 is 0 Å². The highest BCUT2D eigenvalue weighted by Crippen LogP contribution is 2.70. The van der Waals surface area contributed by atoms with Crippen molar-refractivity contribution in [3.8, 4) is 0 Å². The maximum Gasteiger partial charge on any atom is 0.123 e. The van der Waals surface area contributed by atoms with Crippen molar-refractivity contribution in [2.45, 2.75) is 52.9 Å². The van der Waals surface area contributed by atoms with Gasteiger partial charge in [0.1, 0.15) is 6.29 Å². The first-order chi connectivity index (χ1) is 7.50. The van der Waals surface area contributed by atoms with E-state index in [0.29, 0.717) is 22.7 Å². The quantitative estimate of drug-likeness (QED) is 0.616. The molecule has 1 heteroatoms. The van der Waals surface area contributed by atoms with Crippen LogP contribution in [0.15, 0.2) is 0 Å². The smallest absolute Gasteiger partial charge is 0.123 e. The first-order valence-corrected chi connectivity index (χ1v) is 6.96. The van der Waals surface area contributed by atoms with Gasteiger partial charge in [0, 0.05) is 5.92 Å². The molecule has 0 radical (unpaired) electrons. The summed E-state index contributed by atoms with van der Waals surface area (Å²) in [6.07, 6.45) is 7.99. The van der Waals surface area contributed by atoms with E-state index in [-0.39, 0.29) is 0 Å². The minimum atomic E-state index is 0.350. The van der Waals surface area contributed by atoms with Crippen LogP contribution < -0.4 is 0 Å². The molecule has 16 heavy (non-hydrogen) atoms. The highest BCUT2D eigenvalue weighted by Gasteiger charge is 2.64. The zero-order valence-electron chi connectivity index (χ0n) is 10.8. The molecule has 3 aliphatic carbocycles. The molecule has 3 saturated carbocycles. The number of carbonyl (C=O) groups is 1. The normalized spacial score (nSPS) is 53.7. The number of carbonyl (C=O) groups excluding carboxylic acids is 1. The lowest BCUT2D eigenvalue weighted by molar-refractivity contribution is -0.117. The second-order valence-corrected chi connectivity index (χ2v) is 7.38. The predicted octanol–water partition coefficient (Wildman–Crippen LogP) is 3.67. The third-order valence-electron chi connectivity index (χ3n) is 6.36. The van der Waals surface area contributed by atoms with Crippen molar-refractivity contribution in [3.05, 3.63) is 0 Å². The number of hydrogen-bond acceptors (Lipinski definition) is 1. The monoisotopic (exact) mass is 220 g/mol. The first kappa shape index (κ1) is 10.8. The van der Waals surface area contributed by atoms with E-state index in [1.54, 1.807) is 0 Å². The van der Waals surface area contributed by atoms with Crippen LogP contribution in [-0.4, -0.2) is 6.29 Å². The minimum Gasteiger partial charge on any atom is -0.303 e. The Morgan fingerprint density at radius 3 is 2.56 bits per heavy atom. The van der Waals surface area contributed by atoms with Gasteiger partial charge in [-0.2, -0.15) is 0 Å². The topological polar surface area (TPSA) is 17.1 Å². The lowest BCUT2D eigenvalue weighted by Crippen LogP contribution is -2.34. The van der Waals surface area contributed by atoms with Crippen LogP contribution in [0, 0.1) is 34.5 Å². The van der Waals surface area contributed by atoms with Gasteiger partial charge in [0.15, 0.2) is 0 Å².